The second kappa shape index (κ2) is 9.25. The van der Waals surface area contributed by atoms with Crippen LogP contribution in [0.3, 0.4) is 0 Å². The predicted molar refractivity (Wildman–Crippen MR) is 121 cm³/mol. The van der Waals surface area contributed by atoms with Crippen LogP contribution in [0.25, 0.3) is 0 Å². The summed E-state index contributed by atoms with van der Waals surface area (Å²) in [4.78, 5) is 39.1. The van der Waals surface area contributed by atoms with Gasteiger partial charge in [-0.05, 0) is 18.4 Å². The van der Waals surface area contributed by atoms with Crippen molar-refractivity contribution in [1.82, 2.24) is 24.0 Å². The van der Waals surface area contributed by atoms with E-state index < -0.39 is 40.1 Å². The molecule has 0 bridgehead atoms. The van der Waals surface area contributed by atoms with E-state index in [0.29, 0.717) is 15.9 Å². The number of hydrogen-bond donors (Lipinski definition) is 1. The van der Waals surface area contributed by atoms with Gasteiger partial charge in [0.2, 0.25) is 4.21 Å². The fraction of sp³-hybridized carbons (Fsp3) is 0.500. The zero-order valence-electron chi connectivity index (χ0n) is 17.2. The number of carboxylic acid groups (broad SMARTS) is 1. The Labute approximate surface area is 200 Å². The largest absolute Gasteiger partial charge is 0.587 e. The summed E-state index contributed by atoms with van der Waals surface area (Å²) in [6, 6.07) is 2.52. The van der Waals surface area contributed by atoms with Crippen molar-refractivity contribution < 1.29 is 24.0 Å². The van der Waals surface area contributed by atoms with Gasteiger partial charge in [-0.1, -0.05) is 23.1 Å². The second-order valence-corrected chi connectivity index (χ2v) is 12.0. The Balaban J connectivity index is 1.50. The van der Waals surface area contributed by atoms with Gasteiger partial charge < -0.3 is 19.1 Å². The number of hydrogen-bond acceptors (Lipinski definition) is 9. The maximum absolute atomic E-state index is 13.0. The SMILES string of the molecule is CCn1cnnc1SCC1(C(=O)O)CS[C@@H]2C(N(C(C)=O)[S+]([O-])c3cccs3)C(=O)N2C1. The normalized spacial score (nSPS) is 25.7. The molecule has 2 aliphatic rings. The standard InChI is InChI=1S/C18H21N5O5S4/c1-3-21-10-19-20-17(21)31-9-18(16(26)27)7-22-14(25)13(15(22)30-8-18)23(11(2)24)32(28)12-5-4-6-29-12/h4-6,10,13,15H,3,7-9H2,1-2H3,(H,26,27)/t13?,15-,18?,32?/m1/s1. The molecule has 0 radical (unpaired) electrons. The molecule has 32 heavy (non-hydrogen) atoms. The molecule has 1 N–H and O–H groups in total. The lowest BCUT2D eigenvalue weighted by Crippen LogP contribution is -2.74. The summed E-state index contributed by atoms with van der Waals surface area (Å²) in [6.07, 6.45) is 1.59. The first-order valence-corrected chi connectivity index (χ1v) is 13.7. The monoisotopic (exact) mass is 515 g/mol. The van der Waals surface area contributed by atoms with Gasteiger partial charge in [-0.15, -0.1) is 26.3 Å². The number of fused-ring (bicyclic) bond motifs is 1. The zero-order valence-corrected chi connectivity index (χ0v) is 20.5. The summed E-state index contributed by atoms with van der Waals surface area (Å²) < 4.78 is 16.4. The number of thioether (sulfide) groups is 2. The number of β-lactam (4-membered cyclic amide) rings is 1. The maximum Gasteiger partial charge on any atom is 0.313 e. The molecule has 2 amide bonds. The molecule has 0 saturated carbocycles. The molecule has 10 nitrogen and oxygen atoms in total. The minimum absolute atomic E-state index is 0.0278. The smallest absolute Gasteiger partial charge is 0.313 e. The van der Waals surface area contributed by atoms with E-state index in [9.17, 15) is 24.0 Å². The van der Waals surface area contributed by atoms with E-state index in [-0.39, 0.29) is 24.0 Å². The van der Waals surface area contributed by atoms with E-state index in [1.165, 1.54) is 46.7 Å². The molecule has 2 aromatic heterocycles. The number of carbonyl (C=O) groups is 3. The molecule has 172 valence electrons. The van der Waals surface area contributed by atoms with E-state index >= 15 is 0 Å². The molecule has 4 rings (SSSR count). The number of amides is 2. The molecule has 4 heterocycles. The van der Waals surface area contributed by atoms with Crippen LogP contribution in [0.4, 0.5) is 0 Å². The summed E-state index contributed by atoms with van der Waals surface area (Å²) >= 11 is 2.08. The second-order valence-electron chi connectivity index (χ2n) is 7.41. The van der Waals surface area contributed by atoms with Gasteiger partial charge in [-0.2, -0.15) is 0 Å². The van der Waals surface area contributed by atoms with Crippen molar-refractivity contribution in [2.24, 2.45) is 5.41 Å². The number of aromatic nitrogens is 3. The first-order chi connectivity index (χ1) is 15.3. The highest BCUT2D eigenvalue weighted by Gasteiger charge is 2.62. The van der Waals surface area contributed by atoms with E-state index in [0.717, 1.165) is 4.31 Å². The molecule has 2 saturated heterocycles. The molecule has 3 unspecified atom stereocenters. The van der Waals surface area contributed by atoms with E-state index in [1.807, 2.05) is 11.5 Å². The highest BCUT2D eigenvalue weighted by atomic mass is 32.2. The van der Waals surface area contributed by atoms with Crippen molar-refractivity contribution in [3.8, 4) is 0 Å². The number of rotatable bonds is 8. The van der Waals surface area contributed by atoms with Gasteiger partial charge in [0.05, 0.1) is 0 Å². The molecule has 2 aromatic rings. The van der Waals surface area contributed by atoms with Gasteiger partial charge in [-0.25, -0.2) is 0 Å². The van der Waals surface area contributed by atoms with Crippen molar-refractivity contribution in [2.45, 2.75) is 41.2 Å². The highest BCUT2D eigenvalue weighted by Crippen LogP contribution is 2.46. The van der Waals surface area contributed by atoms with Crippen LogP contribution < -0.4 is 0 Å². The maximum atomic E-state index is 13.0. The van der Waals surface area contributed by atoms with Gasteiger partial charge in [0, 0.05) is 37.6 Å². The molecule has 4 atom stereocenters. The zero-order chi connectivity index (χ0) is 23.0. The van der Waals surface area contributed by atoms with Gasteiger partial charge in [-0.3, -0.25) is 14.4 Å². The quantitative estimate of drug-likeness (QED) is 0.314. The van der Waals surface area contributed by atoms with Crippen LogP contribution in [-0.4, -0.2) is 80.9 Å². The lowest BCUT2D eigenvalue weighted by atomic mass is 9.89. The van der Waals surface area contributed by atoms with Crippen LogP contribution in [0.2, 0.25) is 0 Å². The van der Waals surface area contributed by atoms with Gasteiger partial charge in [0.1, 0.15) is 28.5 Å². The van der Waals surface area contributed by atoms with Crippen molar-refractivity contribution in [3.63, 3.8) is 0 Å². The van der Waals surface area contributed by atoms with Crippen LogP contribution in [0, 0.1) is 5.41 Å². The molecule has 0 aromatic carbocycles. The van der Waals surface area contributed by atoms with Crippen molar-refractivity contribution in [2.75, 3.05) is 18.1 Å². The fourth-order valence-corrected chi connectivity index (χ4v) is 8.80. The Morgan fingerprint density at radius 3 is 2.91 bits per heavy atom. The topological polar surface area (TPSA) is 132 Å². The van der Waals surface area contributed by atoms with Crippen LogP contribution in [0.15, 0.2) is 33.2 Å². The predicted octanol–water partition coefficient (Wildman–Crippen LogP) is 1.38. The number of carboxylic acids is 1. The Morgan fingerprint density at radius 2 is 2.28 bits per heavy atom. The first-order valence-electron chi connectivity index (χ1n) is 9.70. The number of carbonyl (C=O) groups excluding carboxylic acids is 2. The first kappa shape index (κ1) is 23.4. The molecular weight excluding hydrogens is 494 g/mol. The number of thiophene rings is 1. The van der Waals surface area contributed by atoms with Gasteiger partial charge in [0.25, 0.3) is 11.8 Å². The van der Waals surface area contributed by atoms with Crippen LogP contribution in [0.5, 0.6) is 0 Å². The van der Waals surface area contributed by atoms with Gasteiger partial charge in [0.15, 0.2) is 11.2 Å². The Hall–Kier alpha value is -1.74. The lowest BCUT2D eigenvalue weighted by Gasteiger charge is -2.54. The van der Waals surface area contributed by atoms with E-state index in [1.54, 1.807) is 23.8 Å². The molecule has 2 aliphatic heterocycles. The van der Waals surface area contributed by atoms with Crippen LogP contribution in [-0.2, 0) is 32.3 Å². The van der Waals surface area contributed by atoms with Gasteiger partial charge >= 0.3 is 5.97 Å². The highest BCUT2D eigenvalue weighted by molar-refractivity contribution is 8.00. The Morgan fingerprint density at radius 1 is 1.50 bits per heavy atom. The summed E-state index contributed by atoms with van der Waals surface area (Å²) in [7, 11) is 0. The minimum Gasteiger partial charge on any atom is -0.587 e. The fourth-order valence-electron chi connectivity index (χ4n) is 3.62. The van der Waals surface area contributed by atoms with Crippen molar-refractivity contribution >= 4 is 64.0 Å². The third-order valence-corrected chi connectivity index (χ3v) is 10.9. The number of aliphatic carboxylic acids is 1. The average Bonchev–Trinajstić information content (AvgIpc) is 3.46. The minimum atomic E-state index is -1.79. The lowest BCUT2D eigenvalue weighted by molar-refractivity contribution is -0.161. The third-order valence-electron chi connectivity index (χ3n) is 5.38. The summed E-state index contributed by atoms with van der Waals surface area (Å²) in [6.45, 7) is 3.93. The molecule has 0 spiro atoms. The third kappa shape index (κ3) is 4.02. The van der Waals surface area contributed by atoms with E-state index in [2.05, 4.69) is 10.2 Å². The molecule has 2 fully saturated rings. The average molecular weight is 516 g/mol. The van der Waals surface area contributed by atoms with Crippen LogP contribution >= 0.6 is 34.9 Å². The number of nitrogens with zero attached hydrogens (tertiary/aromatic N) is 5. The number of aryl methyl sites for hydroxylation is 1. The summed E-state index contributed by atoms with van der Waals surface area (Å²) in [5.41, 5.74) is -1.16. The Kier molecular flexibility index (Phi) is 6.77. The van der Waals surface area contributed by atoms with E-state index in [4.69, 9.17) is 0 Å². The molecular formula is C18H21N5O5S4. The Bertz CT molecular complexity index is 1020. The van der Waals surface area contributed by atoms with Crippen molar-refractivity contribution in [3.05, 3.63) is 23.8 Å². The molecule has 0 aliphatic carbocycles. The summed E-state index contributed by atoms with van der Waals surface area (Å²) in [5, 5.41) is 19.9. The molecule has 14 heteroatoms. The van der Waals surface area contributed by atoms with Crippen molar-refractivity contribution in [1.29, 1.82) is 0 Å². The van der Waals surface area contributed by atoms with Crippen LogP contribution in [0.1, 0.15) is 13.8 Å². The summed E-state index contributed by atoms with van der Waals surface area (Å²) in [5.74, 6) is -1.33.